The molecule has 0 saturated carbocycles. The van der Waals surface area contributed by atoms with E-state index in [4.69, 9.17) is 11.6 Å². The zero-order chi connectivity index (χ0) is 14.7. The Bertz CT molecular complexity index is 702. The number of fused-ring (bicyclic) bond motifs is 1. The number of hydrogen-bond donors (Lipinski definition) is 1. The third-order valence-corrected chi connectivity index (χ3v) is 5.07. The lowest BCUT2D eigenvalue weighted by Gasteiger charge is -2.18. The Labute approximate surface area is 134 Å². The van der Waals surface area contributed by atoms with Crippen LogP contribution in [0.2, 0.25) is 5.02 Å². The summed E-state index contributed by atoms with van der Waals surface area (Å²) in [6.45, 7) is 3.16. The molecule has 108 valence electrons. The van der Waals surface area contributed by atoms with Gasteiger partial charge in [0.05, 0.1) is 6.04 Å². The average Bonchev–Trinajstić information content (AvgIpc) is 2.93. The second-order valence-corrected chi connectivity index (χ2v) is 6.62. The molecule has 1 atom stereocenters. The zero-order valence-corrected chi connectivity index (χ0v) is 13.5. The third kappa shape index (κ3) is 3.13. The second-order valence-electron chi connectivity index (χ2n) is 5.10. The van der Waals surface area contributed by atoms with Crippen molar-refractivity contribution in [2.24, 2.45) is 0 Å². The summed E-state index contributed by atoms with van der Waals surface area (Å²) in [5, 5.41) is 5.75. The molecule has 0 spiro atoms. The van der Waals surface area contributed by atoms with E-state index in [1.54, 1.807) is 0 Å². The maximum Gasteiger partial charge on any atom is 0.0686 e. The van der Waals surface area contributed by atoms with Gasteiger partial charge in [0.15, 0.2) is 0 Å². The Morgan fingerprint density at radius 2 is 1.86 bits per heavy atom. The third-order valence-electron chi connectivity index (χ3n) is 3.54. The van der Waals surface area contributed by atoms with Gasteiger partial charge in [0, 0.05) is 14.6 Å². The fraction of sp³-hybridized carbons (Fsp3) is 0.222. The fourth-order valence-corrected chi connectivity index (χ4v) is 3.91. The molecule has 0 saturated heterocycles. The summed E-state index contributed by atoms with van der Waals surface area (Å²) in [7, 11) is 0. The first-order chi connectivity index (χ1) is 10.3. The molecule has 0 radical (unpaired) electrons. The van der Waals surface area contributed by atoms with Gasteiger partial charge in [-0.2, -0.15) is 0 Å². The molecule has 0 amide bonds. The van der Waals surface area contributed by atoms with E-state index < -0.39 is 0 Å². The van der Waals surface area contributed by atoms with Gasteiger partial charge in [-0.25, -0.2) is 0 Å². The van der Waals surface area contributed by atoms with Gasteiger partial charge in [-0.3, -0.25) is 0 Å². The highest BCUT2D eigenvalue weighted by atomic mass is 35.5. The van der Waals surface area contributed by atoms with E-state index in [1.807, 2.05) is 23.5 Å². The predicted octanol–water partition coefficient (Wildman–Crippen LogP) is 5.64. The van der Waals surface area contributed by atoms with Crippen molar-refractivity contribution < 1.29 is 0 Å². The lowest BCUT2D eigenvalue weighted by atomic mass is 10.0. The smallest absolute Gasteiger partial charge is 0.0686 e. The molecule has 1 unspecified atom stereocenters. The number of nitrogens with one attached hydrogen (secondary N) is 1. The summed E-state index contributed by atoms with van der Waals surface area (Å²) in [5.74, 6) is 0. The van der Waals surface area contributed by atoms with Crippen LogP contribution in [0.15, 0.2) is 54.6 Å². The number of halogens is 1. The van der Waals surface area contributed by atoms with Crippen molar-refractivity contribution in [3.8, 4) is 0 Å². The van der Waals surface area contributed by atoms with Crippen LogP contribution in [-0.2, 0) is 0 Å². The molecule has 1 heterocycles. The molecule has 2 aromatic carbocycles. The van der Waals surface area contributed by atoms with Crippen LogP contribution < -0.4 is 5.32 Å². The topological polar surface area (TPSA) is 12.0 Å². The Balaban J connectivity index is 2.04. The summed E-state index contributed by atoms with van der Waals surface area (Å²) >= 11 is 8.25. The molecule has 0 fully saturated rings. The van der Waals surface area contributed by atoms with Crippen LogP contribution in [0.1, 0.15) is 29.8 Å². The van der Waals surface area contributed by atoms with Gasteiger partial charge < -0.3 is 5.32 Å². The number of thiophene rings is 1. The molecule has 0 aliphatic rings. The lowest BCUT2D eigenvalue weighted by Crippen LogP contribution is -2.22. The quantitative estimate of drug-likeness (QED) is 0.642. The molecule has 0 bridgehead atoms. The summed E-state index contributed by atoms with van der Waals surface area (Å²) in [5.41, 5.74) is 1.15. The molecule has 1 N–H and O–H groups in total. The lowest BCUT2D eigenvalue weighted by molar-refractivity contribution is 0.606. The van der Waals surface area contributed by atoms with E-state index >= 15 is 0 Å². The van der Waals surface area contributed by atoms with Crippen molar-refractivity contribution in [3.05, 3.63) is 70.1 Å². The molecular weight excluding hydrogens is 298 g/mol. The zero-order valence-electron chi connectivity index (χ0n) is 12.0. The van der Waals surface area contributed by atoms with Gasteiger partial charge in [-0.1, -0.05) is 54.9 Å². The van der Waals surface area contributed by atoms with Crippen molar-refractivity contribution >= 4 is 33.0 Å². The largest absolute Gasteiger partial charge is 0.306 e. The van der Waals surface area contributed by atoms with Crippen LogP contribution >= 0.6 is 22.9 Å². The minimum atomic E-state index is 0.163. The predicted molar refractivity (Wildman–Crippen MR) is 93.4 cm³/mol. The van der Waals surface area contributed by atoms with E-state index in [-0.39, 0.29) is 6.04 Å². The van der Waals surface area contributed by atoms with Crippen molar-refractivity contribution in [1.29, 1.82) is 0 Å². The Kier molecular flexibility index (Phi) is 4.59. The van der Waals surface area contributed by atoms with Crippen LogP contribution in [0, 0.1) is 0 Å². The van der Waals surface area contributed by atoms with Gasteiger partial charge in [-0.15, -0.1) is 11.3 Å². The SMILES string of the molecule is CCCNC(c1cc2ccccc2s1)c1ccccc1Cl. The minimum Gasteiger partial charge on any atom is -0.306 e. The maximum atomic E-state index is 6.41. The van der Waals surface area contributed by atoms with Gasteiger partial charge in [-0.05, 0) is 42.1 Å². The molecule has 21 heavy (non-hydrogen) atoms. The van der Waals surface area contributed by atoms with E-state index in [0.717, 1.165) is 23.6 Å². The highest BCUT2D eigenvalue weighted by molar-refractivity contribution is 7.19. The first-order valence-electron chi connectivity index (χ1n) is 7.26. The summed E-state index contributed by atoms with van der Waals surface area (Å²) < 4.78 is 1.32. The van der Waals surface area contributed by atoms with Crippen molar-refractivity contribution in [3.63, 3.8) is 0 Å². The Hall–Kier alpha value is -1.35. The molecular formula is C18H18ClNS. The van der Waals surface area contributed by atoms with Crippen LogP contribution in [0.25, 0.3) is 10.1 Å². The molecule has 3 heteroatoms. The Morgan fingerprint density at radius 1 is 1.10 bits per heavy atom. The van der Waals surface area contributed by atoms with E-state index in [0.29, 0.717) is 0 Å². The maximum absolute atomic E-state index is 6.41. The van der Waals surface area contributed by atoms with Crippen molar-refractivity contribution in [1.82, 2.24) is 5.32 Å². The fourth-order valence-electron chi connectivity index (χ4n) is 2.51. The highest BCUT2D eigenvalue weighted by Crippen LogP contribution is 2.35. The molecule has 1 nitrogen and oxygen atoms in total. The second kappa shape index (κ2) is 6.61. The van der Waals surface area contributed by atoms with Gasteiger partial charge in [0.25, 0.3) is 0 Å². The van der Waals surface area contributed by atoms with Crippen LogP contribution in [-0.4, -0.2) is 6.54 Å². The highest BCUT2D eigenvalue weighted by Gasteiger charge is 2.18. The number of hydrogen-bond acceptors (Lipinski definition) is 2. The first-order valence-corrected chi connectivity index (χ1v) is 8.45. The van der Waals surface area contributed by atoms with E-state index in [9.17, 15) is 0 Å². The van der Waals surface area contributed by atoms with Crippen LogP contribution in [0.3, 0.4) is 0 Å². The molecule has 0 aliphatic carbocycles. The van der Waals surface area contributed by atoms with Crippen LogP contribution in [0.4, 0.5) is 0 Å². The Morgan fingerprint density at radius 3 is 2.62 bits per heavy atom. The van der Waals surface area contributed by atoms with Gasteiger partial charge in [0.2, 0.25) is 0 Å². The van der Waals surface area contributed by atoms with Crippen molar-refractivity contribution in [2.75, 3.05) is 6.54 Å². The summed E-state index contributed by atoms with van der Waals surface area (Å²) in [6, 6.07) is 19.1. The molecule has 3 aromatic rings. The van der Waals surface area contributed by atoms with Crippen molar-refractivity contribution in [2.45, 2.75) is 19.4 Å². The van der Waals surface area contributed by atoms with Crippen LogP contribution in [0.5, 0.6) is 0 Å². The first kappa shape index (κ1) is 14.6. The molecule has 0 aliphatic heterocycles. The van der Waals surface area contributed by atoms with E-state index in [2.05, 4.69) is 54.7 Å². The van der Waals surface area contributed by atoms with Gasteiger partial charge >= 0.3 is 0 Å². The normalized spacial score (nSPS) is 12.7. The summed E-state index contributed by atoms with van der Waals surface area (Å²) in [6.07, 6.45) is 1.10. The standard InChI is InChI=1S/C18H18ClNS/c1-2-11-20-18(14-8-4-5-9-15(14)19)17-12-13-7-3-6-10-16(13)21-17/h3-10,12,18,20H,2,11H2,1H3. The summed E-state index contributed by atoms with van der Waals surface area (Å²) in [4.78, 5) is 1.32. The van der Waals surface area contributed by atoms with Gasteiger partial charge in [0.1, 0.15) is 0 Å². The average molecular weight is 316 g/mol. The monoisotopic (exact) mass is 315 g/mol. The number of benzene rings is 2. The molecule has 3 rings (SSSR count). The number of rotatable bonds is 5. The minimum absolute atomic E-state index is 0.163. The van der Waals surface area contributed by atoms with E-state index in [1.165, 1.54) is 15.0 Å². The molecule has 1 aromatic heterocycles.